The van der Waals surface area contributed by atoms with Crippen molar-refractivity contribution < 1.29 is 24.2 Å². The number of esters is 1. The minimum absolute atomic E-state index is 0.0934. The average Bonchev–Trinajstić information content (AvgIpc) is 3.15. The van der Waals surface area contributed by atoms with Gasteiger partial charge in [0.05, 0.1) is 6.61 Å². The SMILES string of the molecule is CCCCCCCCCCCCCCCOCC(O)COC(=O)C1CCC(=O)N1. The molecule has 170 valence electrons. The lowest BCUT2D eigenvalue weighted by Gasteiger charge is -2.14. The second-order valence-electron chi connectivity index (χ2n) is 8.26. The molecule has 0 bridgehead atoms. The molecule has 2 atom stereocenters. The molecule has 0 spiro atoms. The van der Waals surface area contributed by atoms with Crippen molar-refractivity contribution in [2.24, 2.45) is 0 Å². The van der Waals surface area contributed by atoms with E-state index in [1.807, 2.05) is 0 Å². The lowest BCUT2D eigenvalue weighted by Crippen LogP contribution is -2.36. The van der Waals surface area contributed by atoms with E-state index in [2.05, 4.69) is 12.2 Å². The first-order chi connectivity index (χ1) is 14.1. The zero-order valence-electron chi connectivity index (χ0n) is 18.5. The maximum atomic E-state index is 11.7. The summed E-state index contributed by atoms with van der Waals surface area (Å²) in [6, 6.07) is -0.568. The van der Waals surface area contributed by atoms with Crippen LogP contribution in [-0.2, 0) is 19.1 Å². The molecule has 1 saturated heterocycles. The second-order valence-corrected chi connectivity index (χ2v) is 8.26. The van der Waals surface area contributed by atoms with E-state index in [1.54, 1.807) is 0 Å². The van der Waals surface area contributed by atoms with E-state index in [9.17, 15) is 14.7 Å². The van der Waals surface area contributed by atoms with Crippen LogP contribution in [0.5, 0.6) is 0 Å². The van der Waals surface area contributed by atoms with Gasteiger partial charge < -0.3 is 19.9 Å². The van der Waals surface area contributed by atoms with E-state index < -0.39 is 18.1 Å². The first-order valence-corrected chi connectivity index (χ1v) is 11.8. The van der Waals surface area contributed by atoms with Gasteiger partial charge in [-0.2, -0.15) is 0 Å². The lowest BCUT2D eigenvalue weighted by molar-refractivity contribution is -0.150. The van der Waals surface area contributed by atoms with Crippen LogP contribution < -0.4 is 5.32 Å². The van der Waals surface area contributed by atoms with Crippen molar-refractivity contribution in [2.75, 3.05) is 19.8 Å². The molecule has 6 heteroatoms. The van der Waals surface area contributed by atoms with Crippen LogP contribution in [-0.4, -0.2) is 48.9 Å². The van der Waals surface area contributed by atoms with Crippen molar-refractivity contribution in [3.05, 3.63) is 0 Å². The second kappa shape index (κ2) is 17.7. The van der Waals surface area contributed by atoms with Gasteiger partial charge in [-0.1, -0.05) is 84.0 Å². The molecule has 0 saturated carbocycles. The van der Waals surface area contributed by atoms with Gasteiger partial charge in [0.1, 0.15) is 18.8 Å². The molecule has 0 aliphatic carbocycles. The Morgan fingerprint density at radius 3 is 2.03 bits per heavy atom. The fraction of sp³-hybridized carbons (Fsp3) is 0.913. The van der Waals surface area contributed by atoms with Gasteiger partial charge in [0.25, 0.3) is 0 Å². The van der Waals surface area contributed by atoms with E-state index >= 15 is 0 Å². The number of aliphatic hydroxyl groups is 1. The lowest BCUT2D eigenvalue weighted by atomic mass is 10.0. The topological polar surface area (TPSA) is 84.9 Å². The molecule has 0 aromatic heterocycles. The molecule has 1 amide bonds. The van der Waals surface area contributed by atoms with Gasteiger partial charge in [0.15, 0.2) is 0 Å². The predicted molar refractivity (Wildman–Crippen MR) is 115 cm³/mol. The van der Waals surface area contributed by atoms with Crippen molar-refractivity contribution in [2.45, 2.75) is 115 Å². The number of hydrogen-bond donors (Lipinski definition) is 2. The number of ether oxygens (including phenoxy) is 2. The summed E-state index contributed by atoms with van der Waals surface area (Å²) in [5.74, 6) is -0.611. The molecule has 0 aromatic rings. The van der Waals surface area contributed by atoms with Crippen LogP contribution in [0, 0.1) is 0 Å². The van der Waals surface area contributed by atoms with Crippen LogP contribution in [0.15, 0.2) is 0 Å². The molecule has 1 aliphatic heterocycles. The summed E-state index contributed by atoms with van der Waals surface area (Å²) in [6.07, 6.45) is 17.1. The fourth-order valence-electron chi connectivity index (χ4n) is 3.56. The van der Waals surface area contributed by atoms with Crippen LogP contribution in [0.25, 0.3) is 0 Å². The molecular weight excluding hydrogens is 370 g/mol. The Kier molecular flexibility index (Phi) is 15.8. The molecule has 0 radical (unpaired) electrons. The van der Waals surface area contributed by atoms with E-state index in [0.29, 0.717) is 19.4 Å². The Bertz CT molecular complexity index is 429. The summed E-state index contributed by atoms with van der Waals surface area (Å²) >= 11 is 0. The first kappa shape index (κ1) is 25.9. The zero-order valence-corrected chi connectivity index (χ0v) is 18.5. The Hall–Kier alpha value is -1.14. The summed E-state index contributed by atoms with van der Waals surface area (Å²) in [6.45, 7) is 2.96. The Morgan fingerprint density at radius 2 is 1.52 bits per heavy atom. The molecule has 2 N–H and O–H groups in total. The number of nitrogens with one attached hydrogen (secondary N) is 1. The molecule has 29 heavy (non-hydrogen) atoms. The van der Waals surface area contributed by atoms with Crippen molar-refractivity contribution in [3.8, 4) is 0 Å². The highest BCUT2D eigenvalue weighted by atomic mass is 16.5. The van der Waals surface area contributed by atoms with Crippen LogP contribution in [0.2, 0.25) is 0 Å². The molecule has 1 heterocycles. The number of amides is 1. The largest absolute Gasteiger partial charge is 0.461 e. The average molecular weight is 414 g/mol. The van der Waals surface area contributed by atoms with Gasteiger partial charge in [0, 0.05) is 13.0 Å². The fourth-order valence-corrected chi connectivity index (χ4v) is 3.56. The van der Waals surface area contributed by atoms with Gasteiger partial charge in [-0.05, 0) is 12.8 Å². The smallest absolute Gasteiger partial charge is 0.328 e. The Morgan fingerprint density at radius 1 is 0.966 bits per heavy atom. The predicted octanol–water partition coefficient (Wildman–Crippen LogP) is 4.28. The van der Waals surface area contributed by atoms with Crippen molar-refractivity contribution in [1.29, 1.82) is 0 Å². The maximum absolute atomic E-state index is 11.7. The van der Waals surface area contributed by atoms with Crippen LogP contribution >= 0.6 is 0 Å². The molecule has 0 aromatic carbocycles. The third kappa shape index (κ3) is 14.5. The van der Waals surface area contributed by atoms with Gasteiger partial charge in [0.2, 0.25) is 5.91 Å². The Labute approximate surface area is 177 Å². The third-order valence-corrected chi connectivity index (χ3v) is 5.40. The number of hydrogen-bond acceptors (Lipinski definition) is 5. The third-order valence-electron chi connectivity index (χ3n) is 5.40. The molecule has 6 nitrogen and oxygen atoms in total. The minimum Gasteiger partial charge on any atom is -0.461 e. The summed E-state index contributed by atoms with van der Waals surface area (Å²) in [5.41, 5.74) is 0. The number of rotatable bonds is 19. The van der Waals surface area contributed by atoms with Crippen LogP contribution in [0.4, 0.5) is 0 Å². The van der Waals surface area contributed by atoms with E-state index in [1.165, 1.54) is 70.6 Å². The quantitative estimate of drug-likeness (QED) is 0.244. The van der Waals surface area contributed by atoms with Gasteiger partial charge in [-0.15, -0.1) is 0 Å². The zero-order chi connectivity index (χ0) is 21.2. The van der Waals surface area contributed by atoms with Crippen LogP contribution in [0.1, 0.15) is 103 Å². The van der Waals surface area contributed by atoms with Crippen LogP contribution in [0.3, 0.4) is 0 Å². The minimum atomic E-state index is -0.821. The number of unbranched alkanes of at least 4 members (excludes halogenated alkanes) is 12. The van der Waals surface area contributed by atoms with Gasteiger partial charge >= 0.3 is 5.97 Å². The van der Waals surface area contributed by atoms with E-state index in [0.717, 1.165) is 12.8 Å². The number of carbonyl (C=O) groups excluding carboxylic acids is 2. The first-order valence-electron chi connectivity index (χ1n) is 11.8. The summed E-state index contributed by atoms with van der Waals surface area (Å²) in [4.78, 5) is 22.8. The molecule has 2 unspecified atom stereocenters. The highest BCUT2D eigenvalue weighted by Gasteiger charge is 2.28. The Balaban J connectivity index is 1.79. The highest BCUT2D eigenvalue weighted by molar-refractivity contribution is 5.88. The summed E-state index contributed by atoms with van der Waals surface area (Å²) in [7, 11) is 0. The standard InChI is InChI=1S/C23H43NO5/c1-2-3-4-5-6-7-8-9-10-11-12-13-14-17-28-18-20(25)19-29-23(27)21-15-16-22(26)24-21/h20-21,25H,2-19H2,1H3,(H,24,26). The molecule has 1 aliphatic rings. The van der Waals surface area contributed by atoms with Crippen molar-refractivity contribution >= 4 is 11.9 Å². The molecule has 1 fully saturated rings. The van der Waals surface area contributed by atoms with Crippen molar-refractivity contribution in [3.63, 3.8) is 0 Å². The maximum Gasteiger partial charge on any atom is 0.328 e. The molecule has 1 rings (SSSR count). The summed E-state index contributed by atoms with van der Waals surface area (Å²) < 4.78 is 10.5. The van der Waals surface area contributed by atoms with Gasteiger partial charge in [-0.3, -0.25) is 4.79 Å². The van der Waals surface area contributed by atoms with Gasteiger partial charge in [-0.25, -0.2) is 4.79 Å². The summed E-state index contributed by atoms with van der Waals surface area (Å²) in [5, 5.41) is 12.4. The number of aliphatic hydroxyl groups excluding tert-OH is 1. The normalized spacial score (nSPS) is 17.3. The van der Waals surface area contributed by atoms with Crippen molar-refractivity contribution in [1.82, 2.24) is 5.32 Å². The van der Waals surface area contributed by atoms with E-state index in [-0.39, 0.29) is 19.1 Å². The number of carbonyl (C=O) groups is 2. The highest BCUT2D eigenvalue weighted by Crippen LogP contribution is 2.12. The molecular formula is C23H43NO5. The monoisotopic (exact) mass is 413 g/mol. The van der Waals surface area contributed by atoms with E-state index in [4.69, 9.17) is 9.47 Å².